The lowest BCUT2D eigenvalue weighted by molar-refractivity contribution is 0.295. The molecule has 0 aromatic carbocycles. The molecular weight excluding hydrogens is 212 g/mol. The first-order valence-corrected chi connectivity index (χ1v) is 6.55. The Morgan fingerprint density at radius 3 is 2.59 bits per heavy atom. The van der Waals surface area contributed by atoms with Crippen LogP contribution in [0.3, 0.4) is 0 Å². The van der Waals surface area contributed by atoms with Crippen LogP contribution in [0, 0.1) is 0 Å². The van der Waals surface area contributed by atoms with Gasteiger partial charge in [0.25, 0.3) is 0 Å². The quantitative estimate of drug-likeness (QED) is 0.543. The Morgan fingerprint density at radius 1 is 1.29 bits per heavy atom. The summed E-state index contributed by atoms with van der Waals surface area (Å²) in [5.41, 5.74) is 2.74. The van der Waals surface area contributed by atoms with Gasteiger partial charge in [0.05, 0.1) is 18.3 Å². The number of hydrogen-bond acceptors (Lipinski definition) is 2. The molecule has 1 aliphatic heterocycles. The van der Waals surface area contributed by atoms with Gasteiger partial charge in [0.2, 0.25) is 0 Å². The number of hydrogen-bond donors (Lipinski definition) is 1. The highest BCUT2D eigenvalue weighted by Crippen LogP contribution is 2.43. The number of aliphatic hydroxyl groups excluding tert-OH is 1. The first-order chi connectivity index (χ1) is 7.98. The van der Waals surface area contributed by atoms with E-state index in [0.29, 0.717) is 6.10 Å². The van der Waals surface area contributed by atoms with Gasteiger partial charge >= 0.3 is 0 Å². The summed E-state index contributed by atoms with van der Waals surface area (Å²) in [5.74, 6) is 0. The molecule has 2 unspecified atom stereocenters. The molecule has 98 valence electrons. The second-order valence-corrected chi connectivity index (χ2v) is 5.51. The normalized spacial score (nSPS) is 28.1. The number of allylic oxidation sites excluding steroid dienone is 3. The molecule has 1 N–H and O–H groups in total. The maximum absolute atomic E-state index is 8.77. The summed E-state index contributed by atoms with van der Waals surface area (Å²) in [5, 5.41) is 8.77. The molecule has 0 aliphatic carbocycles. The lowest BCUT2D eigenvalue weighted by Crippen LogP contribution is -2.09. The number of epoxide rings is 1. The van der Waals surface area contributed by atoms with Gasteiger partial charge in [0.1, 0.15) is 0 Å². The van der Waals surface area contributed by atoms with Crippen LogP contribution in [0.1, 0.15) is 53.4 Å². The SMILES string of the molecule is CC(C)=CCCC1(C)OC1CC/C(C)=C/CO. The Labute approximate surface area is 105 Å². The second-order valence-electron chi connectivity index (χ2n) is 5.51. The molecule has 0 bridgehead atoms. The minimum Gasteiger partial charge on any atom is -0.392 e. The van der Waals surface area contributed by atoms with E-state index in [9.17, 15) is 0 Å². The van der Waals surface area contributed by atoms with Crippen molar-refractivity contribution in [2.24, 2.45) is 0 Å². The highest BCUT2D eigenvalue weighted by atomic mass is 16.6. The molecule has 0 spiro atoms. The van der Waals surface area contributed by atoms with Crippen molar-refractivity contribution >= 4 is 0 Å². The van der Waals surface area contributed by atoms with Crippen LogP contribution in [-0.2, 0) is 4.74 Å². The summed E-state index contributed by atoms with van der Waals surface area (Å²) in [6.45, 7) is 8.70. The van der Waals surface area contributed by atoms with Crippen molar-refractivity contribution < 1.29 is 9.84 Å². The zero-order valence-corrected chi connectivity index (χ0v) is 11.6. The van der Waals surface area contributed by atoms with Crippen molar-refractivity contribution in [2.75, 3.05) is 6.61 Å². The maximum atomic E-state index is 8.77. The van der Waals surface area contributed by atoms with Crippen LogP contribution in [0.2, 0.25) is 0 Å². The topological polar surface area (TPSA) is 32.8 Å². The molecule has 1 fully saturated rings. The third kappa shape index (κ3) is 5.05. The van der Waals surface area contributed by atoms with Gasteiger partial charge in [-0.1, -0.05) is 23.3 Å². The summed E-state index contributed by atoms with van der Waals surface area (Å²) in [7, 11) is 0. The fourth-order valence-corrected chi connectivity index (χ4v) is 2.14. The van der Waals surface area contributed by atoms with E-state index in [2.05, 4.69) is 33.8 Å². The molecule has 0 amide bonds. The van der Waals surface area contributed by atoms with Crippen molar-refractivity contribution in [3.05, 3.63) is 23.3 Å². The highest BCUT2D eigenvalue weighted by molar-refractivity contribution is 5.05. The van der Waals surface area contributed by atoms with Crippen molar-refractivity contribution in [2.45, 2.75) is 65.1 Å². The highest BCUT2D eigenvalue weighted by Gasteiger charge is 2.50. The van der Waals surface area contributed by atoms with Crippen LogP contribution in [0.15, 0.2) is 23.3 Å². The average molecular weight is 238 g/mol. The van der Waals surface area contributed by atoms with Gasteiger partial charge in [0.15, 0.2) is 0 Å². The first kappa shape index (κ1) is 14.5. The monoisotopic (exact) mass is 238 g/mol. The summed E-state index contributed by atoms with van der Waals surface area (Å²) in [6.07, 6.45) is 8.91. The predicted molar refractivity (Wildman–Crippen MR) is 72.0 cm³/mol. The van der Waals surface area contributed by atoms with Crippen molar-refractivity contribution in [1.29, 1.82) is 0 Å². The number of ether oxygens (including phenoxy) is 1. The average Bonchev–Trinajstić information content (AvgIpc) is 2.87. The first-order valence-electron chi connectivity index (χ1n) is 6.55. The van der Waals surface area contributed by atoms with E-state index in [1.165, 1.54) is 11.1 Å². The summed E-state index contributed by atoms with van der Waals surface area (Å²) >= 11 is 0. The Balaban J connectivity index is 2.22. The minimum absolute atomic E-state index is 0.103. The Hall–Kier alpha value is -0.600. The van der Waals surface area contributed by atoms with E-state index in [1.807, 2.05) is 6.08 Å². The van der Waals surface area contributed by atoms with Gasteiger partial charge < -0.3 is 9.84 Å². The summed E-state index contributed by atoms with van der Waals surface area (Å²) in [4.78, 5) is 0. The fourth-order valence-electron chi connectivity index (χ4n) is 2.14. The van der Waals surface area contributed by atoms with Crippen LogP contribution in [0.5, 0.6) is 0 Å². The van der Waals surface area contributed by atoms with Crippen LogP contribution < -0.4 is 0 Å². The van der Waals surface area contributed by atoms with E-state index < -0.39 is 0 Å². The van der Waals surface area contributed by atoms with Crippen molar-refractivity contribution in [3.8, 4) is 0 Å². The third-order valence-corrected chi connectivity index (χ3v) is 3.47. The summed E-state index contributed by atoms with van der Waals surface area (Å²) in [6, 6.07) is 0. The molecule has 1 rings (SSSR count). The molecule has 1 aliphatic rings. The van der Waals surface area contributed by atoms with Crippen LogP contribution >= 0.6 is 0 Å². The van der Waals surface area contributed by atoms with E-state index in [0.717, 1.165) is 25.7 Å². The standard InChI is InChI=1S/C15H26O2/c1-12(2)6-5-10-15(4)14(17-15)8-7-13(3)9-11-16/h6,9,14,16H,5,7-8,10-11H2,1-4H3/b13-9+. The van der Waals surface area contributed by atoms with Gasteiger partial charge in [-0.15, -0.1) is 0 Å². The molecule has 2 atom stereocenters. The van der Waals surface area contributed by atoms with Gasteiger partial charge in [-0.3, -0.25) is 0 Å². The van der Waals surface area contributed by atoms with Gasteiger partial charge in [0, 0.05) is 0 Å². The van der Waals surface area contributed by atoms with E-state index in [-0.39, 0.29) is 12.2 Å². The zero-order valence-electron chi connectivity index (χ0n) is 11.6. The van der Waals surface area contributed by atoms with Crippen LogP contribution in [0.25, 0.3) is 0 Å². The van der Waals surface area contributed by atoms with Crippen LogP contribution in [0.4, 0.5) is 0 Å². The summed E-state index contributed by atoms with van der Waals surface area (Å²) < 4.78 is 5.80. The molecule has 2 nitrogen and oxygen atoms in total. The van der Waals surface area contributed by atoms with E-state index in [1.54, 1.807) is 0 Å². The zero-order chi connectivity index (χ0) is 12.9. The number of aliphatic hydroxyl groups is 1. The molecule has 1 saturated heterocycles. The molecule has 1 heterocycles. The fraction of sp³-hybridized carbons (Fsp3) is 0.733. The lowest BCUT2D eigenvalue weighted by Gasteiger charge is -2.04. The minimum atomic E-state index is 0.103. The molecule has 0 aromatic heterocycles. The molecule has 0 aromatic rings. The Bertz CT molecular complexity index is 300. The van der Waals surface area contributed by atoms with Gasteiger partial charge in [-0.25, -0.2) is 0 Å². The molecule has 2 heteroatoms. The lowest BCUT2D eigenvalue weighted by atomic mass is 9.96. The maximum Gasteiger partial charge on any atom is 0.0923 e. The molecule has 17 heavy (non-hydrogen) atoms. The number of rotatable bonds is 7. The Morgan fingerprint density at radius 2 is 2.00 bits per heavy atom. The predicted octanol–water partition coefficient (Wildman–Crippen LogP) is 3.61. The van der Waals surface area contributed by atoms with Gasteiger partial charge in [-0.05, 0) is 53.4 Å². The van der Waals surface area contributed by atoms with Crippen molar-refractivity contribution in [3.63, 3.8) is 0 Å². The van der Waals surface area contributed by atoms with Gasteiger partial charge in [-0.2, -0.15) is 0 Å². The molecular formula is C15H26O2. The van der Waals surface area contributed by atoms with E-state index in [4.69, 9.17) is 9.84 Å². The second kappa shape index (κ2) is 6.36. The smallest absolute Gasteiger partial charge is 0.0923 e. The molecule has 0 saturated carbocycles. The Kier molecular flexibility index (Phi) is 5.41. The van der Waals surface area contributed by atoms with E-state index >= 15 is 0 Å². The third-order valence-electron chi connectivity index (χ3n) is 3.47. The van der Waals surface area contributed by atoms with Crippen LogP contribution in [-0.4, -0.2) is 23.4 Å². The van der Waals surface area contributed by atoms with Crippen molar-refractivity contribution in [1.82, 2.24) is 0 Å². The molecule has 0 radical (unpaired) electrons. The largest absolute Gasteiger partial charge is 0.392 e.